The van der Waals surface area contributed by atoms with Gasteiger partial charge in [0.2, 0.25) is 22.8 Å². The summed E-state index contributed by atoms with van der Waals surface area (Å²) in [6, 6.07) is 62.1. The number of fused-ring (bicyclic) bond motifs is 15. The molecule has 9 heterocycles. The lowest BCUT2D eigenvalue weighted by Crippen LogP contribution is -2.33. The van der Waals surface area contributed by atoms with Crippen molar-refractivity contribution in [2.24, 2.45) is 35.2 Å². The molecular formula is C106H105N10+5. The van der Waals surface area contributed by atoms with Crippen LogP contribution in [0, 0.1) is 76.2 Å². The Morgan fingerprint density at radius 1 is 0.293 bits per heavy atom. The molecule has 0 saturated heterocycles. The first-order valence-corrected chi connectivity index (χ1v) is 41.3. The fourth-order valence-electron chi connectivity index (χ4n) is 19.3. The lowest BCUT2D eigenvalue weighted by atomic mass is 9.90. The number of pyridine rings is 8. The molecule has 6 aliphatic carbocycles. The normalized spacial score (nSPS) is 13.0. The highest BCUT2D eigenvalue weighted by Gasteiger charge is 2.37. The standard InChI is InChI=1S/C25H27N2.C21H21N2.3C20H19N2/c1-16-11-12-17(2)21(13-16)25-23-14-22-19(18-7-4-5-8-18)9-6-10-20(22)24(23)26-15-27(25)3;1-13-5-6-14(2)18(11-13)21-19-12-20-17(8-7-15(3)22-20)16(19)9-10-23(21)4;1-13-4-5-14(2)18(10-13)20-19-11-15-12-21-8-6-16(15)17(19)7-9-22(20)3;1-13-4-5-14(2)17(10-13)20-18-11-15-6-8-21-12-19(15)16(18)7-9-22(20)3;1-13-6-7-14(2)17(11-13)20-18-12-19-16(5-4-9-21-19)15(18)8-10-22(20)3/h6,9-13,15,18H,4-5,7-8,14H2,1-3H3;5-11H,12H2,1-4H3;2*4-10,12H,11H2,1-3H3;4-11H,12H2,1-3H3/q5*+1. The van der Waals surface area contributed by atoms with E-state index in [4.69, 9.17) is 9.97 Å². The minimum Gasteiger partial charge on any atom is -0.264 e. The van der Waals surface area contributed by atoms with Crippen molar-refractivity contribution in [1.82, 2.24) is 24.9 Å². The van der Waals surface area contributed by atoms with Gasteiger partial charge < -0.3 is 0 Å². The molecule has 1 fully saturated rings. The molecule has 0 spiro atoms. The SMILES string of the molecule is Cc1ccc(C)c(-c2c3c(cc[n+]2C)-c2ccc(C)nc2C3)c1.Cc1ccc(C)c(-c2c3c(cc[n+]2C)-c2cccnc2C3)c1.Cc1ccc(C)c(-c2c3c(cc[n+]2C)-c2ccncc2C3)c1.Cc1ccc(C)c(-c2c3c(cc[n+]2C)-c2cnccc2C3)c1.Cc1ccc(C)c(-c2c3c(nc[n+]2C)-c2cccc(C4CCCC4)c2C3)c1. The minimum atomic E-state index is 0.743. The molecule has 574 valence electrons. The lowest BCUT2D eigenvalue weighted by molar-refractivity contribution is -0.663. The molecular weight excluding hydrogens is 1410 g/mol. The summed E-state index contributed by atoms with van der Waals surface area (Å²) in [5, 5.41) is 0. The maximum absolute atomic E-state index is 4.87. The first kappa shape index (κ1) is 76.2. The van der Waals surface area contributed by atoms with Gasteiger partial charge in [0.15, 0.2) is 30.5 Å². The molecule has 6 aromatic carbocycles. The maximum atomic E-state index is 4.87. The van der Waals surface area contributed by atoms with Gasteiger partial charge in [-0.15, -0.1) is 0 Å². The van der Waals surface area contributed by atoms with Crippen LogP contribution in [0.2, 0.25) is 0 Å². The van der Waals surface area contributed by atoms with Gasteiger partial charge in [-0.25, -0.2) is 22.8 Å². The Kier molecular flexibility index (Phi) is 20.7. The zero-order valence-electron chi connectivity index (χ0n) is 70.4. The fraction of sp³-hybridized carbons (Fsp3) is 0.245. The van der Waals surface area contributed by atoms with Gasteiger partial charge in [-0.2, -0.15) is 0 Å². The molecule has 0 unspecified atom stereocenters. The number of hydrogen-bond acceptors (Lipinski definition) is 5. The van der Waals surface area contributed by atoms with E-state index in [1.165, 1.54) is 249 Å². The van der Waals surface area contributed by atoms with Crippen LogP contribution in [-0.2, 0) is 67.3 Å². The van der Waals surface area contributed by atoms with E-state index in [0.717, 1.165) is 43.7 Å². The van der Waals surface area contributed by atoms with E-state index < -0.39 is 0 Å². The predicted molar refractivity (Wildman–Crippen MR) is 469 cm³/mol. The summed E-state index contributed by atoms with van der Waals surface area (Å²) in [7, 11) is 10.7. The molecule has 0 N–H and O–H groups in total. The van der Waals surface area contributed by atoms with Gasteiger partial charge in [0.25, 0.3) is 6.33 Å². The molecule has 9 aromatic heterocycles. The van der Waals surface area contributed by atoms with Crippen molar-refractivity contribution in [3.05, 3.63) is 355 Å². The second-order valence-electron chi connectivity index (χ2n) is 33.5. The third-order valence-corrected chi connectivity index (χ3v) is 25.3. The van der Waals surface area contributed by atoms with Crippen LogP contribution < -0.4 is 22.8 Å². The van der Waals surface area contributed by atoms with E-state index in [1.54, 1.807) is 5.56 Å². The van der Waals surface area contributed by atoms with E-state index in [2.05, 4.69) is 338 Å². The number of aromatic nitrogens is 10. The van der Waals surface area contributed by atoms with Crippen molar-refractivity contribution in [2.45, 2.75) is 140 Å². The van der Waals surface area contributed by atoms with E-state index in [0.29, 0.717) is 0 Å². The number of benzene rings is 6. The van der Waals surface area contributed by atoms with Gasteiger partial charge >= 0.3 is 0 Å². The average Bonchev–Trinajstić information content (AvgIpc) is 1.40. The smallest absolute Gasteiger partial charge is 0.264 e. The highest BCUT2D eigenvalue weighted by molar-refractivity contribution is 5.87. The van der Waals surface area contributed by atoms with Crippen LogP contribution in [0.3, 0.4) is 0 Å². The number of nitrogens with zero attached hydrogens (tertiary/aromatic N) is 10. The van der Waals surface area contributed by atoms with Gasteiger partial charge in [-0.05, 0) is 232 Å². The topological polar surface area (TPSA) is 83.9 Å². The van der Waals surface area contributed by atoms with Crippen LogP contribution in [0.25, 0.3) is 112 Å². The minimum absolute atomic E-state index is 0.743. The molecule has 0 aliphatic heterocycles. The second-order valence-corrected chi connectivity index (χ2v) is 33.5. The molecule has 6 aliphatic rings. The van der Waals surface area contributed by atoms with Crippen LogP contribution in [0.5, 0.6) is 0 Å². The van der Waals surface area contributed by atoms with Gasteiger partial charge in [0.1, 0.15) is 33.9 Å². The van der Waals surface area contributed by atoms with Gasteiger partial charge in [-0.1, -0.05) is 132 Å². The van der Waals surface area contributed by atoms with Gasteiger partial charge in [0.05, 0.1) is 24.0 Å². The first-order chi connectivity index (χ1) is 56.1. The maximum Gasteiger partial charge on any atom is 0.287 e. The molecule has 15 aromatic rings. The third-order valence-electron chi connectivity index (χ3n) is 25.3. The van der Waals surface area contributed by atoms with E-state index >= 15 is 0 Å². The molecule has 10 heteroatoms. The van der Waals surface area contributed by atoms with Crippen molar-refractivity contribution in [2.75, 3.05) is 0 Å². The van der Waals surface area contributed by atoms with Crippen molar-refractivity contribution in [3.8, 4) is 112 Å². The molecule has 0 atom stereocenters. The van der Waals surface area contributed by atoms with Gasteiger partial charge in [-0.3, -0.25) is 19.9 Å². The molecule has 116 heavy (non-hydrogen) atoms. The summed E-state index contributed by atoms with van der Waals surface area (Å²) in [5.74, 6) is 0.743. The van der Waals surface area contributed by atoms with Crippen molar-refractivity contribution in [3.63, 3.8) is 0 Å². The summed E-state index contributed by atoms with van der Waals surface area (Å²) >= 11 is 0. The zero-order valence-corrected chi connectivity index (χ0v) is 70.4. The first-order valence-electron chi connectivity index (χ1n) is 41.3. The van der Waals surface area contributed by atoms with Gasteiger partial charge in [0, 0.05) is 165 Å². The zero-order chi connectivity index (χ0) is 80.5. The fourth-order valence-corrected chi connectivity index (χ4v) is 19.3. The molecule has 10 nitrogen and oxygen atoms in total. The number of hydrogen-bond donors (Lipinski definition) is 0. The van der Waals surface area contributed by atoms with Crippen molar-refractivity contribution >= 4 is 0 Å². The van der Waals surface area contributed by atoms with E-state index in [1.807, 2.05) is 43.4 Å². The summed E-state index contributed by atoms with van der Waals surface area (Å²) in [5.41, 5.74) is 55.8. The third kappa shape index (κ3) is 14.3. The molecule has 0 bridgehead atoms. The largest absolute Gasteiger partial charge is 0.287 e. The average molecular weight is 1520 g/mol. The quantitative estimate of drug-likeness (QED) is 0.155. The Morgan fingerprint density at radius 3 is 1.22 bits per heavy atom. The van der Waals surface area contributed by atoms with Crippen LogP contribution in [0.1, 0.15) is 154 Å². The summed E-state index contributed by atoms with van der Waals surface area (Å²) in [6.45, 7) is 23.9. The lowest BCUT2D eigenvalue weighted by Gasteiger charge is -2.14. The predicted octanol–water partition coefficient (Wildman–Crippen LogP) is 20.8. The number of rotatable bonds is 6. The summed E-state index contributed by atoms with van der Waals surface area (Å²) < 4.78 is 11.2. The van der Waals surface area contributed by atoms with Crippen molar-refractivity contribution in [1.29, 1.82) is 0 Å². The Labute approximate surface area is 685 Å². The molecule has 1 saturated carbocycles. The summed E-state index contributed by atoms with van der Waals surface area (Å²) in [6.07, 6.45) is 30.6. The van der Waals surface area contributed by atoms with Crippen LogP contribution in [0.15, 0.2) is 232 Å². The second kappa shape index (κ2) is 31.4. The highest BCUT2D eigenvalue weighted by Crippen LogP contribution is 2.48. The Balaban J connectivity index is 0.000000105. The highest BCUT2D eigenvalue weighted by atomic mass is 15.0. The molecule has 0 radical (unpaired) electrons. The van der Waals surface area contributed by atoms with Crippen LogP contribution >= 0.6 is 0 Å². The molecule has 21 rings (SSSR count). The number of aryl methyl sites for hydroxylation is 16. The van der Waals surface area contributed by atoms with Crippen LogP contribution in [0.4, 0.5) is 0 Å². The van der Waals surface area contributed by atoms with Crippen LogP contribution in [-0.4, -0.2) is 24.9 Å². The Hall–Kier alpha value is -12.4. The Bertz CT molecular complexity index is 6110. The van der Waals surface area contributed by atoms with Crippen molar-refractivity contribution < 1.29 is 22.8 Å². The monoisotopic (exact) mass is 1520 g/mol. The Morgan fingerprint density at radius 2 is 0.716 bits per heavy atom. The van der Waals surface area contributed by atoms with E-state index in [-0.39, 0.29) is 0 Å². The summed E-state index contributed by atoms with van der Waals surface area (Å²) in [4.78, 5) is 22.8. The van der Waals surface area contributed by atoms with E-state index in [9.17, 15) is 0 Å². The molecule has 0 amide bonds.